The number of hydrogen-bond donors (Lipinski definition) is 1. The first-order valence-corrected chi connectivity index (χ1v) is 6.85. The minimum absolute atomic E-state index is 0.0393. The van der Waals surface area contributed by atoms with Gasteiger partial charge in [-0.2, -0.15) is 0 Å². The van der Waals surface area contributed by atoms with Crippen molar-refractivity contribution in [3.8, 4) is 0 Å². The fraction of sp³-hybridized carbons (Fsp3) is 0.867. The first-order chi connectivity index (χ1) is 7.75. The average Bonchev–Trinajstić information content (AvgIpc) is 2.54. The summed E-state index contributed by atoms with van der Waals surface area (Å²) in [7, 11) is 0. The van der Waals surface area contributed by atoms with Gasteiger partial charge in [0.1, 0.15) is 0 Å². The molecule has 0 aromatic rings. The second kappa shape index (κ2) is 3.16. The molecule has 96 valence electrons. The fourth-order valence-electron chi connectivity index (χ4n) is 4.50. The molecule has 1 aliphatic carbocycles. The first-order valence-electron chi connectivity index (χ1n) is 6.85. The van der Waals surface area contributed by atoms with Crippen molar-refractivity contribution < 1.29 is 9.84 Å². The van der Waals surface area contributed by atoms with Gasteiger partial charge in [0, 0.05) is 0 Å². The van der Waals surface area contributed by atoms with Crippen LogP contribution in [0.4, 0.5) is 0 Å². The van der Waals surface area contributed by atoms with Crippen LogP contribution in [-0.4, -0.2) is 22.4 Å². The van der Waals surface area contributed by atoms with Crippen LogP contribution >= 0.6 is 0 Å². The molecule has 0 radical (unpaired) electrons. The Morgan fingerprint density at radius 1 is 1.29 bits per heavy atom. The molecule has 2 heterocycles. The third kappa shape index (κ3) is 1.53. The van der Waals surface area contributed by atoms with Crippen LogP contribution in [0.25, 0.3) is 0 Å². The topological polar surface area (TPSA) is 29.5 Å². The second-order valence-electron chi connectivity index (χ2n) is 7.31. The van der Waals surface area contributed by atoms with E-state index in [2.05, 4.69) is 26.8 Å². The highest BCUT2D eigenvalue weighted by Gasteiger charge is 2.60. The summed E-state index contributed by atoms with van der Waals surface area (Å²) in [5.74, 6) is 0.483. The molecule has 2 aliphatic heterocycles. The number of ether oxygens (including phenoxy) is 1. The Balaban J connectivity index is 2.04. The van der Waals surface area contributed by atoms with Crippen LogP contribution in [0.2, 0.25) is 0 Å². The fourth-order valence-corrected chi connectivity index (χ4v) is 4.50. The number of aliphatic hydroxyl groups is 1. The summed E-state index contributed by atoms with van der Waals surface area (Å²) in [4.78, 5) is 0. The van der Waals surface area contributed by atoms with Gasteiger partial charge in [0.05, 0.1) is 17.3 Å². The maximum absolute atomic E-state index is 10.5. The number of fused-ring (bicyclic) bond motifs is 1. The van der Waals surface area contributed by atoms with Crippen molar-refractivity contribution in [2.45, 2.75) is 70.7 Å². The molecule has 2 nitrogen and oxygen atoms in total. The van der Waals surface area contributed by atoms with Crippen molar-refractivity contribution >= 4 is 0 Å². The Bertz CT molecular complexity index is 380. The van der Waals surface area contributed by atoms with E-state index < -0.39 is 5.60 Å². The number of rotatable bonds is 0. The van der Waals surface area contributed by atoms with E-state index in [4.69, 9.17) is 4.74 Å². The molecule has 0 unspecified atom stereocenters. The van der Waals surface area contributed by atoms with Crippen molar-refractivity contribution in [2.24, 2.45) is 11.3 Å². The Labute approximate surface area is 104 Å². The van der Waals surface area contributed by atoms with E-state index in [9.17, 15) is 5.11 Å². The zero-order valence-electron chi connectivity index (χ0n) is 11.4. The molecule has 1 spiro atoms. The quantitative estimate of drug-likeness (QED) is 0.655. The second-order valence-corrected chi connectivity index (χ2v) is 7.31. The van der Waals surface area contributed by atoms with Gasteiger partial charge in [-0.3, -0.25) is 0 Å². The minimum Gasteiger partial charge on any atom is -0.387 e. The van der Waals surface area contributed by atoms with Gasteiger partial charge in [-0.1, -0.05) is 19.9 Å². The van der Waals surface area contributed by atoms with Gasteiger partial charge in [0.25, 0.3) is 0 Å². The van der Waals surface area contributed by atoms with Crippen LogP contribution < -0.4 is 0 Å². The van der Waals surface area contributed by atoms with Gasteiger partial charge in [0.15, 0.2) is 0 Å². The summed E-state index contributed by atoms with van der Waals surface area (Å²) >= 11 is 0. The molecule has 3 aliphatic rings. The Morgan fingerprint density at radius 3 is 2.71 bits per heavy atom. The molecule has 0 aromatic heterocycles. The van der Waals surface area contributed by atoms with Crippen molar-refractivity contribution in [2.75, 3.05) is 0 Å². The van der Waals surface area contributed by atoms with Crippen molar-refractivity contribution in [1.29, 1.82) is 0 Å². The van der Waals surface area contributed by atoms with E-state index in [1.54, 1.807) is 0 Å². The molecule has 2 bridgehead atoms. The van der Waals surface area contributed by atoms with E-state index in [-0.39, 0.29) is 17.1 Å². The molecule has 0 amide bonds. The summed E-state index contributed by atoms with van der Waals surface area (Å²) < 4.78 is 6.29. The highest BCUT2D eigenvalue weighted by atomic mass is 16.5. The molecule has 3 rings (SSSR count). The molecule has 17 heavy (non-hydrogen) atoms. The van der Waals surface area contributed by atoms with E-state index in [0.29, 0.717) is 5.92 Å². The molecule has 0 saturated carbocycles. The Morgan fingerprint density at radius 2 is 2.00 bits per heavy atom. The van der Waals surface area contributed by atoms with Crippen LogP contribution in [0.1, 0.15) is 53.4 Å². The third-order valence-electron chi connectivity index (χ3n) is 5.19. The normalized spacial score (nSPS) is 51.9. The van der Waals surface area contributed by atoms with Gasteiger partial charge in [-0.25, -0.2) is 0 Å². The largest absolute Gasteiger partial charge is 0.387 e. The summed E-state index contributed by atoms with van der Waals surface area (Å²) in [6.45, 7) is 8.75. The predicted molar refractivity (Wildman–Crippen MR) is 67.7 cm³/mol. The molecular formula is C15H24O2. The lowest BCUT2D eigenvalue weighted by Gasteiger charge is -2.52. The summed E-state index contributed by atoms with van der Waals surface area (Å²) in [6.07, 6.45) is 6.57. The summed E-state index contributed by atoms with van der Waals surface area (Å²) in [6, 6.07) is 0. The zero-order valence-corrected chi connectivity index (χ0v) is 11.4. The number of hydrogen-bond acceptors (Lipinski definition) is 2. The van der Waals surface area contributed by atoms with E-state index in [1.807, 2.05) is 6.92 Å². The monoisotopic (exact) mass is 236 g/mol. The van der Waals surface area contributed by atoms with Crippen molar-refractivity contribution in [3.63, 3.8) is 0 Å². The zero-order chi connectivity index (χ0) is 12.5. The van der Waals surface area contributed by atoms with E-state index in [1.165, 1.54) is 5.57 Å². The average molecular weight is 236 g/mol. The smallest absolute Gasteiger partial charge is 0.0924 e. The summed E-state index contributed by atoms with van der Waals surface area (Å²) in [5, 5.41) is 10.5. The number of allylic oxidation sites excluding steroid dienone is 1. The minimum atomic E-state index is -0.627. The van der Waals surface area contributed by atoms with Gasteiger partial charge in [-0.15, -0.1) is 0 Å². The predicted octanol–water partition coefficient (Wildman–Crippen LogP) is 3.05. The van der Waals surface area contributed by atoms with Gasteiger partial charge < -0.3 is 9.84 Å². The lowest BCUT2D eigenvalue weighted by Crippen LogP contribution is -2.55. The SMILES string of the molecule is CC1=CC(C)(C)C[C@H]2C[C@@](C)(O)[C@H]3CC[C@@]12O3. The van der Waals surface area contributed by atoms with E-state index >= 15 is 0 Å². The molecule has 4 atom stereocenters. The van der Waals surface area contributed by atoms with Crippen molar-refractivity contribution in [3.05, 3.63) is 11.6 Å². The first kappa shape index (κ1) is 11.7. The van der Waals surface area contributed by atoms with Gasteiger partial charge >= 0.3 is 0 Å². The Kier molecular flexibility index (Phi) is 2.18. The van der Waals surface area contributed by atoms with Crippen LogP contribution in [0.15, 0.2) is 11.6 Å². The van der Waals surface area contributed by atoms with Crippen LogP contribution in [0.5, 0.6) is 0 Å². The maximum atomic E-state index is 10.5. The highest BCUT2D eigenvalue weighted by Crippen LogP contribution is 2.58. The molecule has 1 N–H and O–H groups in total. The lowest BCUT2D eigenvalue weighted by molar-refractivity contribution is -0.196. The Hall–Kier alpha value is -0.340. The standard InChI is InChI=1S/C15H24O2/c1-10-7-13(2,3)8-11-9-14(4,16)12-5-6-15(10,11)17-12/h7,11-12,16H,5-6,8-9H2,1-4H3/t11-,12+,14+,15+/m0/s1. The van der Waals surface area contributed by atoms with Crippen molar-refractivity contribution in [1.82, 2.24) is 0 Å². The highest BCUT2D eigenvalue weighted by molar-refractivity contribution is 5.29. The molecule has 2 heteroatoms. The molecule has 0 aromatic carbocycles. The summed E-state index contributed by atoms with van der Waals surface area (Å²) in [5.41, 5.74) is 0.979. The molecule has 2 fully saturated rings. The maximum Gasteiger partial charge on any atom is 0.0924 e. The van der Waals surface area contributed by atoms with Crippen LogP contribution in [0, 0.1) is 11.3 Å². The third-order valence-corrected chi connectivity index (χ3v) is 5.19. The van der Waals surface area contributed by atoms with Gasteiger partial charge in [-0.05, 0) is 56.4 Å². The lowest BCUT2D eigenvalue weighted by atomic mass is 9.62. The molecule has 2 saturated heterocycles. The van der Waals surface area contributed by atoms with Crippen LogP contribution in [0.3, 0.4) is 0 Å². The van der Waals surface area contributed by atoms with Gasteiger partial charge in [0.2, 0.25) is 0 Å². The molecular weight excluding hydrogens is 212 g/mol. The van der Waals surface area contributed by atoms with E-state index in [0.717, 1.165) is 25.7 Å². The van der Waals surface area contributed by atoms with Crippen LogP contribution in [-0.2, 0) is 4.74 Å².